The van der Waals surface area contributed by atoms with Crippen LogP contribution in [0.25, 0.3) is 16.6 Å². The van der Waals surface area contributed by atoms with Crippen molar-refractivity contribution in [2.75, 3.05) is 13.1 Å². The van der Waals surface area contributed by atoms with Crippen molar-refractivity contribution >= 4 is 16.8 Å². The number of hydrogen-bond donors (Lipinski definition) is 1. The molecule has 1 saturated heterocycles. The van der Waals surface area contributed by atoms with E-state index in [1.807, 2.05) is 42.2 Å². The van der Waals surface area contributed by atoms with Crippen LogP contribution in [0.4, 0.5) is 0 Å². The van der Waals surface area contributed by atoms with E-state index in [1.54, 1.807) is 10.9 Å². The van der Waals surface area contributed by atoms with Gasteiger partial charge in [0, 0.05) is 30.7 Å². The topological polar surface area (TPSA) is 89.9 Å². The fraction of sp³-hybridized carbons (Fsp3) is 0.333. The molecule has 2 aromatic heterocycles. The third-order valence-electron chi connectivity index (χ3n) is 4.76. The largest absolute Gasteiger partial charge is 0.337 e. The van der Waals surface area contributed by atoms with Gasteiger partial charge in [-0.05, 0) is 44.0 Å². The summed E-state index contributed by atoms with van der Waals surface area (Å²) in [5.74, 6) is -0.0712. The molecule has 0 saturated carbocycles. The van der Waals surface area contributed by atoms with Crippen LogP contribution < -0.4 is 5.73 Å². The minimum absolute atomic E-state index is 0.0712. The number of rotatable bonds is 2. The summed E-state index contributed by atoms with van der Waals surface area (Å²) in [6.45, 7) is 3.22. The number of likely N-dealkylation sites (tertiary alicyclic amines) is 1. The second kappa shape index (κ2) is 6.25. The molecule has 7 nitrogen and oxygen atoms in total. The minimum atomic E-state index is -0.0712. The van der Waals surface area contributed by atoms with Crippen molar-refractivity contribution in [2.24, 2.45) is 5.73 Å². The summed E-state index contributed by atoms with van der Waals surface area (Å²) in [6, 6.07) is 9.96. The lowest BCUT2D eigenvalue weighted by atomic mass is 10.1. The third kappa shape index (κ3) is 2.87. The molecule has 2 N–H and O–H groups in total. The smallest absolute Gasteiger partial charge is 0.276 e. The summed E-state index contributed by atoms with van der Waals surface area (Å²) in [6.07, 6.45) is 3.43. The summed E-state index contributed by atoms with van der Waals surface area (Å²) in [7, 11) is 0. The van der Waals surface area contributed by atoms with Gasteiger partial charge in [-0.15, -0.1) is 5.10 Å². The van der Waals surface area contributed by atoms with Crippen molar-refractivity contribution < 1.29 is 4.79 Å². The van der Waals surface area contributed by atoms with Crippen LogP contribution in [0.2, 0.25) is 0 Å². The second-order valence-electron chi connectivity index (χ2n) is 6.45. The molecule has 1 aliphatic heterocycles. The molecule has 1 aliphatic rings. The first kappa shape index (κ1) is 15.7. The van der Waals surface area contributed by atoms with Crippen molar-refractivity contribution in [1.82, 2.24) is 24.9 Å². The van der Waals surface area contributed by atoms with Gasteiger partial charge in [-0.2, -0.15) is 0 Å². The maximum absolute atomic E-state index is 12.7. The van der Waals surface area contributed by atoms with Gasteiger partial charge in [0.25, 0.3) is 5.91 Å². The van der Waals surface area contributed by atoms with E-state index in [0.29, 0.717) is 18.8 Å². The van der Waals surface area contributed by atoms with Gasteiger partial charge in [-0.3, -0.25) is 9.78 Å². The number of piperidine rings is 1. The van der Waals surface area contributed by atoms with Crippen LogP contribution in [0.1, 0.15) is 29.0 Å². The van der Waals surface area contributed by atoms with Crippen LogP contribution in [-0.4, -0.2) is 49.9 Å². The summed E-state index contributed by atoms with van der Waals surface area (Å²) < 4.78 is 1.70. The molecule has 7 heteroatoms. The Balaban J connectivity index is 1.65. The number of amides is 1. The van der Waals surface area contributed by atoms with E-state index in [9.17, 15) is 4.79 Å². The lowest BCUT2D eigenvalue weighted by Gasteiger charge is -2.29. The van der Waals surface area contributed by atoms with Crippen LogP contribution in [0.5, 0.6) is 0 Å². The lowest BCUT2D eigenvalue weighted by Crippen LogP contribution is -2.43. The highest BCUT2D eigenvalue weighted by atomic mass is 16.2. The van der Waals surface area contributed by atoms with Gasteiger partial charge in [-0.1, -0.05) is 11.3 Å². The van der Waals surface area contributed by atoms with Crippen LogP contribution >= 0.6 is 0 Å². The third-order valence-corrected chi connectivity index (χ3v) is 4.76. The van der Waals surface area contributed by atoms with Crippen molar-refractivity contribution in [3.8, 4) is 5.69 Å². The maximum Gasteiger partial charge on any atom is 0.276 e. The molecule has 0 bridgehead atoms. The zero-order valence-electron chi connectivity index (χ0n) is 14.1. The first-order valence-electron chi connectivity index (χ1n) is 8.46. The van der Waals surface area contributed by atoms with Crippen LogP contribution in [0, 0.1) is 6.92 Å². The number of carbonyl (C=O) groups excluding carboxylic acids is 1. The number of aromatic nitrogens is 4. The van der Waals surface area contributed by atoms with E-state index in [2.05, 4.69) is 15.3 Å². The molecule has 1 aromatic carbocycles. The number of benzene rings is 1. The van der Waals surface area contributed by atoms with Crippen molar-refractivity contribution in [3.05, 3.63) is 47.9 Å². The number of nitrogens with zero attached hydrogens (tertiary/aromatic N) is 5. The molecule has 0 unspecified atom stereocenters. The molecular weight excluding hydrogens is 316 g/mol. The Morgan fingerprint density at radius 1 is 1.24 bits per heavy atom. The Hall–Kier alpha value is -2.80. The van der Waals surface area contributed by atoms with E-state index >= 15 is 0 Å². The molecule has 128 valence electrons. The van der Waals surface area contributed by atoms with Gasteiger partial charge >= 0.3 is 0 Å². The van der Waals surface area contributed by atoms with Crippen molar-refractivity contribution in [1.29, 1.82) is 0 Å². The average molecular weight is 336 g/mol. The highest BCUT2D eigenvalue weighted by molar-refractivity contribution is 5.93. The monoisotopic (exact) mass is 336 g/mol. The van der Waals surface area contributed by atoms with E-state index in [-0.39, 0.29) is 11.9 Å². The molecular formula is C18H20N6O. The Morgan fingerprint density at radius 2 is 2.04 bits per heavy atom. The number of carbonyl (C=O) groups is 1. The minimum Gasteiger partial charge on any atom is -0.337 e. The number of nitrogens with two attached hydrogens (primary N) is 1. The highest BCUT2D eigenvalue weighted by Gasteiger charge is 2.26. The van der Waals surface area contributed by atoms with Gasteiger partial charge in [0.05, 0.1) is 16.9 Å². The van der Waals surface area contributed by atoms with Gasteiger partial charge in [0.15, 0.2) is 5.69 Å². The summed E-state index contributed by atoms with van der Waals surface area (Å²) >= 11 is 0. The van der Waals surface area contributed by atoms with Gasteiger partial charge in [-0.25, -0.2) is 4.68 Å². The second-order valence-corrected chi connectivity index (χ2v) is 6.45. The van der Waals surface area contributed by atoms with Crippen molar-refractivity contribution in [3.63, 3.8) is 0 Å². The summed E-state index contributed by atoms with van der Waals surface area (Å²) in [5.41, 5.74) is 8.85. The number of fused-ring (bicyclic) bond motifs is 1. The molecule has 0 spiro atoms. The van der Waals surface area contributed by atoms with Crippen molar-refractivity contribution in [2.45, 2.75) is 25.8 Å². The molecule has 0 radical (unpaired) electrons. The van der Waals surface area contributed by atoms with Crippen LogP contribution in [0.15, 0.2) is 36.5 Å². The molecule has 1 fully saturated rings. The maximum atomic E-state index is 12.7. The van der Waals surface area contributed by atoms with E-state index in [0.717, 1.165) is 35.1 Å². The number of hydrogen-bond acceptors (Lipinski definition) is 5. The summed E-state index contributed by atoms with van der Waals surface area (Å²) in [4.78, 5) is 18.9. The van der Waals surface area contributed by atoms with E-state index in [4.69, 9.17) is 5.73 Å². The Labute approximate surface area is 145 Å². The normalized spacial score (nSPS) is 15.7. The number of pyridine rings is 1. The Morgan fingerprint density at radius 3 is 2.84 bits per heavy atom. The standard InChI is InChI=1S/C18H20N6O/c1-12-17(18(25)23-9-6-14(19)7-10-23)21-22-24(12)15-4-5-16-13(11-15)3-2-8-20-16/h2-5,8,11,14H,6-7,9-10,19H2,1H3. The molecule has 3 heterocycles. The first-order valence-corrected chi connectivity index (χ1v) is 8.46. The van der Waals surface area contributed by atoms with E-state index in [1.165, 1.54) is 0 Å². The van der Waals surface area contributed by atoms with Gasteiger partial charge in [0.2, 0.25) is 0 Å². The molecule has 0 aliphatic carbocycles. The fourth-order valence-electron chi connectivity index (χ4n) is 3.22. The Kier molecular flexibility index (Phi) is 3.93. The highest BCUT2D eigenvalue weighted by Crippen LogP contribution is 2.19. The molecule has 1 amide bonds. The molecule has 3 aromatic rings. The average Bonchev–Trinajstić information content (AvgIpc) is 3.03. The first-order chi connectivity index (χ1) is 12.1. The quantitative estimate of drug-likeness (QED) is 0.769. The van der Waals surface area contributed by atoms with Gasteiger partial charge in [0.1, 0.15) is 0 Å². The predicted octanol–water partition coefficient (Wildman–Crippen LogP) is 1.69. The van der Waals surface area contributed by atoms with Crippen LogP contribution in [-0.2, 0) is 0 Å². The SMILES string of the molecule is Cc1c(C(=O)N2CCC(N)CC2)nnn1-c1ccc2ncccc2c1. The predicted molar refractivity (Wildman–Crippen MR) is 94.5 cm³/mol. The molecule has 25 heavy (non-hydrogen) atoms. The van der Waals surface area contributed by atoms with Gasteiger partial charge < -0.3 is 10.6 Å². The van der Waals surface area contributed by atoms with Crippen LogP contribution in [0.3, 0.4) is 0 Å². The lowest BCUT2D eigenvalue weighted by molar-refractivity contribution is 0.0708. The summed E-state index contributed by atoms with van der Waals surface area (Å²) in [5, 5.41) is 9.36. The zero-order valence-corrected chi connectivity index (χ0v) is 14.1. The zero-order chi connectivity index (χ0) is 17.4. The Bertz CT molecular complexity index is 926. The molecule has 0 atom stereocenters. The molecule has 4 rings (SSSR count). The van der Waals surface area contributed by atoms with E-state index < -0.39 is 0 Å². The fourth-order valence-corrected chi connectivity index (χ4v) is 3.22.